The van der Waals surface area contributed by atoms with Crippen LogP contribution in [0.1, 0.15) is 32.6 Å². The molecule has 1 N–H and O–H groups in total. The number of Topliss-reactive ketones (excluding diaryl/α,β-unsaturated/α-hetero) is 1. The van der Waals surface area contributed by atoms with E-state index in [1.54, 1.807) is 0 Å². The second-order valence-electron chi connectivity index (χ2n) is 4.41. The van der Waals surface area contributed by atoms with Crippen molar-refractivity contribution in [3.05, 3.63) is 24.3 Å². The standard InChI is InChI=1S/C14H19NO2/c1-2-17-14-9-5-12(6-10-14)15-11-3-7-13(16)8-4-11/h5-6,9-11,15H,2-4,7-8H2,1H3. The molecule has 0 spiro atoms. The van der Waals surface area contributed by atoms with E-state index in [1.165, 1.54) is 0 Å². The van der Waals surface area contributed by atoms with Crippen molar-refractivity contribution in [2.45, 2.75) is 38.6 Å². The molecule has 0 radical (unpaired) electrons. The van der Waals surface area contributed by atoms with Crippen molar-refractivity contribution < 1.29 is 9.53 Å². The van der Waals surface area contributed by atoms with E-state index in [2.05, 4.69) is 5.32 Å². The lowest BCUT2D eigenvalue weighted by Crippen LogP contribution is -2.25. The Labute approximate surface area is 102 Å². The van der Waals surface area contributed by atoms with Crippen molar-refractivity contribution in [1.82, 2.24) is 0 Å². The number of ketones is 1. The molecule has 17 heavy (non-hydrogen) atoms. The van der Waals surface area contributed by atoms with Crippen molar-refractivity contribution in [2.75, 3.05) is 11.9 Å². The molecule has 3 nitrogen and oxygen atoms in total. The van der Waals surface area contributed by atoms with E-state index in [4.69, 9.17) is 4.74 Å². The second-order valence-corrected chi connectivity index (χ2v) is 4.41. The third kappa shape index (κ3) is 3.48. The summed E-state index contributed by atoms with van der Waals surface area (Å²) in [5.74, 6) is 1.30. The number of benzene rings is 1. The maximum absolute atomic E-state index is 11.1. The van der Waals surface area contributed by atoms with E-state index in [0.717, 1.165) is 24.3 Å². The molecule has 0 heterocycles. The van der Waals surface area contributed by atoms with E-state index >= 15 is 0 Å². The summed E-state index contributed by atoms with van der Waals surface area (Å²) in [4.78, 5) is 11.1. The first-order chi connectivity index (χ1) is 8.28. The van der Waals surface area contributed by atoms with Gasteiger partial charge in [-0.25, -0.2) is 0 Å². The number of nitrogens with one attached hydrogen (secondary N) is 1. The van der Waals surface area contributed by atoms with Gasteiger partial charge in [-0.2, -0.15) is 0 Å². The van der Waals surface area contributed by atoms with Gasteiger partial charge in [-0.05, 0) is 44.0 Å². The van der Waals surface area contributed by atoms with Gasteiger partial charge < -0.3 is 10.1 Å². The van der Waals surface area contributed by atoms with Gasteiger partial charge in [0.2, 0.25) is 0 Å². The highest BCUT2D eigenvalue weighted by Gasteiger charge is 2.18. The normalized spacial score (nSPS) is 16.9. The Morgan fingerprint density at radius 1 is 1.24 bits per heavy atom. The fraction of sp³-hybridized carbons (Fsp3) is 0.500. The van der Waals surface area contributed by atoms with Crippen LogP contribution >= 0.6 is 0 Å². The van der Waals surface area contributed by atoms with E-state index < -0.39 is 0 Å². The van der Waals surface area contributed by atoms with Crippen LogP contribution in [0.4, 0.5) is 5.69 Å². The molecule has 2 rings (SSSR count). The van der Waals surface area contributed by atoms with Gasteiger partial charge in [-0.1, -0.05) is 0 Å². The SMILES string of the molecule is CCOc1ccc(NC2CCC(=O)CC2)cc1. The van der Waals surface area contributed by atoms with E-state index in [-0.39, 0.29) is 0 Å². The molecule has 0 amide bonds. The average Bonchev–Trinajstić information content (AvgIpc) is 2.35. The van der Waals surface area contributed by atoms with Crippen molar-refractivity contribution in [1.29, 1.82) is 0 Å². The lowest BCUT2D eigenvalue weighted by molar-refractivity contribution is -0.120. The van der Waals surface area contributed by atoms with Crippen molar-refractivity contribution in [2.24, 2.45) is 0 Å². The molecule has 0 saturated heterocycles. The van der Waals surface area contributed by atoms with Gasteiger partial charge in [-0.15, -0.1) is 0 Å². The van der Waals surface area contributed by atoms with Gasteiger partial charge in [0.25, 0.3) is 0 Å². The highest BCUT2D eigenvalue weighted by atomic mass is 16.5. The lowest BCUT2D eigenvalue weighted by atomic mass is 9.94. The maximum atomic E-state index is 11.1. The number of rotatable bonds is 4. The predicted molar refractivity (Wildman–Crippen MR) is 68.5 cm³/mol. The third-order valence-electron chi connectivity index (χ3n) is 3.08. The van der Waals surface area contributed by atoms with Crippen LogP contribution in [0.15, 0.2) is 24.3 Å². The molecule has 1 saturated carbocycles. The van der Waals surface area contributed by atoms with Crippen LogP contribution in [0.25, 0.3) is 0 Å². The van der Waals surface area contributed by atoms with Crippen LogP contribution in [0.5, 0.6) is 5.75 Å². The molecule has 1 aliphatic rings. The number of hydrogen-bond donors (Lipinski definition) is 1. The Bertz CT molecular complexity index is 362. The van der Waals surface area contributed by atoms with E-state index in [9.17, 15) is 4.79 Å². The Hall–Kier alpha value is -1.51. The summed E-state index contributed by atoms with van der Waals surface area (Å²) in [6.45, 7) is 2.67. The zero-order valence-corrected chi connectivity index (χ0v) is 10.2. The first kappa shape index (κ1) is 12.0. The fourth-order valence-corrected chi connectivity index (χ4v) is 2.13. The van der Waals surface area contributed by atoms with E-state index in [1.807, 2.05) is 31.2 Å². The summed E-state index contributed by atoms with van der Waals surface area (Å²) in [5.41, 5.74) is 1.10. The molecular formula is C14H19NO2. The van der Waals surface area contributed by atoms with Gasteiger partial charge in [0, 0.05) is 24.6 Å². The first-order valence-corrected chi connectivity index (χ1v) is 6.29. The number of ether oxygens (including phenoxy) is 1. The highest BCUT2D eigenvalue weighted by Crippen LogP contribution is 2.21. The Morgan fingerprint density at radius 2 is 1.88 bits per heavy atom. The van der Waals surface area contributed by atoms with Crippen molar-refractivity contribution in [3.8, 4) is 5.75 Å². The van der Waals surface area contributed by atoms with Crippen LogP contribution < -0.4 is 10.1 Å². The molecule has 0 unspecified atom stereocenters. The van der Waals surface area contributed by atoms with Crippen molar-refractivity contribution >= 4 is 11.5 Å². The molecule has 0 aliphatic heterocycles. The highest BCUT2D eigenvalue weighted by molar-refractivity contribution is 5.79. The predicted octanol–water partition coefficient (Wildman–Crippen LogP) is 3.01. The van der Waals surface area contributed by atoms with Gasteiger partial charge in [0.15, 0.2) is 0 Å². The number of anilines is 1. The Balaban J connectivity index is 1.88. The summed E-state index contributed by atoms with van der Waals surface area (Å²) in [5, 5.41) is 3.46. The molecule has 1 fully saturated rings. The summed E-state index contributed by atoms with van der Waals surface area (Å²) < 4.78 is 5.39. The van der Waals surface area contributed by atoms with Gasteiger partial charge in [0.1, 0.15) is 11.5 Å². The first-order valence-electron chi connectivity index (χ1n) is 6.29. The minimum Gasteiger partial charge on any atom is -0.494 e. The zero-order chi connectivity index (χ0) is 12.1. The van der Waals surface area contributed by atoms with Crippen LogP contribution in [0.3, 0.4) is 0 Å². The van der Waals surface area contributed by atoms with Gasteiger partial charge in [-0.3, -0.25) is 4.79 Å². The molecule has 1 aromatic carbocycles. The smallest absolute Gasteiger partial charge is 0.133 e. The molecule has 1 aliphatic carbocycles. The Kier molecular flexibility index (Phi) is 4.02. The monoisotopic (exact) mass is 233 g/mol. The summed E-state index contributed by atoms with van der Waals surface area (Å²) >= 11 is 0. The zero-order valence-electron chi connectivity index (χ0n) is 10.2. The Morgan fingerprint density at radius 3 is 2.47 bits per heavy atom. The van der Waals surface area contributed by atoms with Crippen LogP contribution in [0.2, 0.25) is 0 Å². The molecule has 0 atom stereocenters. The maximum Gasteiger partial charge on any atom is 0.133 e. The minimum atomic E-state index is 0.398. The molecular weight excluding hydrogens is 214 g/mol. The van der Waals surface area contributed by atoms with Crippen LogP contribution in [-0.4, -0.2) is 18.4 Å². The second kappa shape index (κ2) is 5.71. The van der Waals surface area contributed by atoms with Gasteiger partial charge >= 0.3 is 0 Å². The van der Waals surface area contributed by atoms with Gasteiger partial charge in [0.05, 0.1) is 6.61 Å². The number of hydrogen-bond acceptors (Lipinski definition) is 3. The molecule has 0 bridgehead atoms. The number of carbonyl (C=O) groups excluding carboxylic acids is 1. The minimum absolute atomic E-state index is 0.398. The van der Waals surface area contributed by atoms with Crippen LogP contribution in [-0.2, 0) is 4.79 Å². The third-order valence-corrected chi connectivity index (χ3v) is 3.08. The molecule has 3 heteroatoms. The topological polar surface area (TPSA) is 38.3 Å². The summed E-state index contributed by atoms with van der Waals surface area (Å²) in [6, 6.07) is 8.44. The summed E-state index contributed by atoms with van der Waals surface area (Å²) in [7, 11) is 0. The van der Waals surface area contributed by atoms with Crippen molar-refractivity contribution in [3.63, 3.8) is 0 Å². The average molecular weight is 233 g/mol. The van der Waals surface area contributed by atoms with E-state index in [0.29, 0.717) is 31.3 Å². The summed E-state index contributed by atoms with van der Waals surface area (Å²) in [6.07, 6.45) is 3.33. The fourth-order valence-electron chi connectivity index (χ4n) is 2.13. The van der Waals surface area contributed by atoms with Crippen LogP contribution in [0, 0.1) is 0 Å². The molecule has 0 aromatic heterocycles. The largest absolute Gasteiger partial charge is 0.494 e. The quantitative estimate of drug-likeness (QED) is 0.868. The lowest BCUT2D eigenvalue weighted by Gasteiger charge is -2.23. The number of carbonyl (C=O) groups is 1. The molecule has 1 aromatic rings. The molecule has 92 valence electrons.